The summed E-state index contributed by atoms with van der Waals surface area (Å²) in [6, 6.07) is 12.9. The fourth-order valence-corrected chi connectivity index (χ4v) is 3.83. The molecule has 1 aromatic carbocycles. The summed E-state index contributed by atoms with van der Waals surface area (Å²) in [5, 5.41) is 0. The molecule has 1 saturated heterocycles. The Balaban J connectivity index is 1.55. The number of hydrogen-bond acceptors (Lipinski definition) is 3. The maximum Gasteiger partial charge on any atom is 0.330 e. The second-order valence-electron chi connectivity index (χ2n) is 6.91. The summed E-state index contributed by atoms with van der Waals surface area (Å²) in [6.07, 6.45) is 3.83. The average molecular weight is 336 g/mol. The smallest absolute Gasteiger partial charge is 0.297 e. The van der Waals surface area contributed by atoms with Crippen LogP contribution in [0.5, 0.6) is 0 Å². The Bertz CT molecular complexity index is 938. The van der Waals surface area contributed by atoms with Crippen molar-refractivity contribution in [3.63, 3.8) is 0 Å². The van der Waals surface area contributed by atoms with Crippen LogP contribution in [0.4, 0.5) is 0 Å². The van der Waals surface area contributed by atoms with Crippen LogP contribution in [0.25, 0.3) is 11.2 Å². The van der Waals surface area contributed by atoms with Crippen molar-refractivity contribution < 1.29 is 0 Å². The number of likely N-dealkylation sites (tertiary alicyclic amines) is 1. The first-order valence-corrected chi connectivity index (χ1v) is 8.99. The molecule has 5 heteroatoms. The van der Waals surface area contributed by atoms with Gasteiger partial charge in [-0.1, -0.05) is 31.2 Å². The van der Waals surface area contributed by atoms with Crippen LogP contribution >= 0.6 is 0 Å². The van der Waals surface area contributed by atoms with E-state index >= 15 is 0 Å². The number of nitrogens with zero attached hydrogens (tertiary/aromatic N) is 4. The Hall–Kier alpha value is -2.40. The Morgan fingerprint density at radius 3 is 2.68 bits per heavy atom. The fraction of sp³-hybridized carbons (Fsp3) is 0.400. The van der Waals surface area contributed by atoms with E-state index in [1.54, 1.807) is 10.8 Å². The van der Waals surface area contributed by atoms with Crippen molar-refractivity contribution in [3.05, 3.63) is 64.2 Å². The largest absolute Gasteiger partial charge is 0.330 e. The summed E-state index contributed by atoms with van der Waals surface area (Å²) in [4.78, 5) is 19.6. The Morgan fingerprint density at radius 2 is 1.92 bits per heavy atom. The summed E-state index contributed by atoms with van der Waals surface area (Å²) >= 11 is 0. The monoisotopic (exact) mass is 336 g/mol. The van der Waals surface area contributed by atoms with Crippen molar-refractivity contribution in [2.45, 2.75) is 32.4 Å². The molecule has 0 saturated carbocycles. The van der Waals surface area contributed by atoms with E-state index < -0.39 is 0 Å². The van der Waals surface area contributed by atoms with Crippen molar-refractivity contribution in [1.29, 1.82) is 0 Å². The van der Waals surface area contributed by atoms with Gasteiger partial charge in [-0.25, -0.2) is 9.78 Å². The third kappa shape index (κ3) is 2.89. The number of fused-ring (bicyclic) bond motifs is 1. The molecular formula is C20H24N4O. The van der Waals surface area contributed by atoms with Crippen LogP contribution in [0.2, 0.25) is 0 Å². The van der Waals surface area contributed by atoms with Crippen LogP contribution in [0, 0.1) is 0 Å². The van der Waals surface area contributed by atoms with E-state index in [1.165, 1.54) is 11.1 Å². The van der Waals surface area contributed by atoms with Gasteiger partial charge < -0.3 is 0 Å². The van der Waals surface area contributed by atoms with Gasteiger partial charge in [-0.05, 0) is 36.1 Å². The Morgan fingerprint density at radius 1 is 1.16 bits per heavy atom. The highest BCUT2D eigenvalue weighted by Gasteiger charge is 2.27. The standard InChI is InChI=1S/C20H24N4O/c1-3-15-6-8-16(9-7-15)13-23-12-10-17(14-23)24-19-18(5-4-11-21-19)22(2)20(24)25/h4-9,11,17H,3,10,12-14H2,1-2H3/t17-/m1/s1. The van der Waals surface area contributed by atoms with Gasteiger partial charge >= 0.3 is 5.69 Å². The average Bonchev–Trinajstić information content (AvgIpc) is 3.19. The molecule has 3 heterocycles. The predicted molar refractivity (Wildman–Crippen MR) is 99.7 cm³/mol. The van der Waals surface area contributed by atoms with Gasteiger partial charge in [0.15, 0.2) is 5.65 Å². The van der Waals surface area contributed by atoms with Gasteiger partial charge in [0, 0.05) is 32.9 Å². The molecule has 0 amide bonds. The maximum absolute atomic E-state index is 12.7. The summed E-state index contributed by atoms with van der Waals surface area (Å²) in [5.41, 5.74) is 4.45. The number of hydrogen-bond donors (Lipinski definition) is 0. The zero-order valence-electron chi connectivity index (χ0n) is 14.9. The molecular weight excluding hydrogens is 312 g/mol. The second kappa shape index (κ2) is 6.48. The van der Waals surface area contributed by atoms with E-state index in [9.17, 15) is 4.79 Å². The Kier molecular flexibility index (Phi) is 4.17. The lowest BCUT2D eigenvalue weighted by Crippen LogP contribution is -2.28. The van der Waals surface area contributed by atoms with Crippen molar-refractivity contribution in [2.24, 2.45) is 7.05 Å². The SMILES string of the molecule is CCc1ccc(CN2CC[C@@H](n3c(=O)n(C)c4cccnc43)C2)cc1. The van der Waals surface area contributed by atoms with E-state index in [0.717, 1.165) is 43.6 Å². The minimum absolute atomic E-state index is 0.0350. The first kappa shape index (κ1) is 16.1. The molecule has 2 aromatic heterocycles. The van der Waals surface area contributed by atoms with Gasteiger partial charge in [-0.15, -0.1) is 0 Å². The van der Waals surface area contributed by atoms with Gasteiger partial charge in [-0.2, -0.15) is 0 Å². The van der Waals surface area contributed by atoms with Gasteiger partial charge in [0.2, 0.25) is 0 Å². The van der Waals surface area contributed by atoms with Gasteiger partial charge in [0.1, 0.15) is 0 Å². The van der Waals surface area contributed by atoms with Crippen molar-refractivity contribution in [1.82, 2.24) is 19.0 Å². The van der Waals surface area contributed by atoms with Crippen LogP contribution in [0.1, 0.15) is 30.5 Å². The lowest BCUT2D eigenvalue weighted by atomic mass is 10.1. The van der Waals surface area contributed by atoms with Gasteiger partial charge in [-0.3, -0.25) is 14.0 Å². The molecule has 3 aromatic rings. The number of benzene rings is 1. The zero-order chi connectivity index (χ0) is 17.4. The minimum atomic E-state index is 0.0350. The van der Waals surface area contributed by atoms with Crippen LogP contribution in [-0.2, 0) is 20.0 Å². The van der Waals surface area contributed by atoms with Crippen LogP contribution in [-0.4, -0.2) is 32.1 Å². The molecule has 130 valence electrons. The molecule has 5 nitrogen and oxygen atoms in total. The van der Waals surface area contributed by atoms with Crippen LogP contribution in [0.3, 0.4) is 0 Å². The molecule has 0 radical (unpaired) electrons. The number of rotatable bonds is 4. The van der Waals surface area contributed by atoms with Crippen molar-refractivity contribution in [2.75, 3.05) is 13.1 Å². The quantitative estimate of drug-likeness (QED) is 0.736. The maximum atomic E-state index is 12.7. The number of aryl methyl sites for hydroxylation is 2. The predicted octanol–water partition coefficient (Wildman–Crippen LogP) is 2.74. The Labute approximate surface area is 147 Å². The molecule has 0 N–H and O–H groups in total. The second-order valence-corrected chi connectivity index (χ2v) is 6.91. The minimum Gasteiger partial charge on any atom is -0.297 e. The molecule has 1 aliphatic rings. The molecule has 0 aliphatic carbocycles. The van der Waals surface area contributed by atoms with Gasteiger partial charge in [0.05, 0.1) is 11.6 Å². The third-order valence-corrected chi connectivity index (χ3v) is 5.30. The van der Waals surface area contributed by atoms with E-state index in [4.69, 9.17) is 0 Å². The highest BCUT2D eigenvalue weighted by atomic mass is 16.1. The zero-order valence-corrected chi connectivity index (χ0v) is 14.9. The molecule has 0 unspecified atom stereocenters. The normalized spacial score (nSPS) is 18.2. The van der Waals surface area contributed by atoms with Crippen molar-refractivity contribution in [3.8, 4) is 0 Å². The summed E-state index contributed by atoms with van der Waals surface area (Å²) < 4.78 is 3.59. The van der Waals surface area contributed by atoms with E-state index in [2.05, 4.69) is 41.1 Å². The first-order chi connectivity index (χ1) is 12.2. The molecule has 0 bridgehead atoms. The fourth-order valence-electron chi connectivity index (χ4n) is 3.83. The van der Waals surface area contributed by atoms with E-state index in [1.807, 2.05) is 23.7 Å². The lowest BCUT2D eigenvalue weighted by molar-refractivity contribution is 0.316. The van der Waals surface area contributed by atoms with Gasteiger partial charge in [0.25, 0.3) is 0 Å². The molecule has 25 heavy (non-hydrogen) atoms. The highest BCUT2D eigenvalue weighted by Crippen LogP contribution is 2.25. The summed E-state index contributed by atoms with van der Waals surface area (Å²) in [6.45, 7) is 5.02. The summed E-state index contributed by atoms with van der Waals surface area (Å²) in [5.74, 6) is 0. The number of imidazole rings is 1. The molecule has 1 aliphatic heterocycles. The molecule has 1 atom stereocenters. The van der Waals surface area contributed by atoms with E-state index in [-0.39, 0.29) is 11.7 Å². The number of aromatic nitrogens is 3. The van der Waals surface area contributed by atoms with Crippen molar-refractivity contribution >= 4 is 11.2 Å². The lowest BCUT2D eigenvalue weighted by Gasteiger charge is -2.17. The third-order valence-electron chi connectivity index (χ3n) is 5.30. The number of pyridine rings is 1. The molecule has 0 spiro atoms. The first-order valence-electron chi connectivity index (χ1n) is 8.99. The van der Waals surface area contributed by atoms with Crippen LogP contribution < -0.4 is 5.69 Å². The highest BCUT2D eigenvalue weighted by molar-refractivity contribution is 5.71. The topological polar surface area (TPSA) is 43.1 Å². The van der Waals surface area contributed by atoms with Crippen LogP contribution in [0.15, 0.2) is 47.4 Å². The molecule has 4 rings (SSSR count). The summed E-state index contributed by atoms with van der Waals surface area (Å²) in [7, 11) is 1.82. The van der Waals surface area contributed by atoms with E-state index in [0.29, 0.717) is 0 Å². The molecule has 1 fully saturated rings.